The molecule has 31 heavy (non-hydrogen) atoms. The van der Waals surface area contributed by atoms with E-state index in [1.807, 2.05) is 0 Å². The Morgan fingerprint density at radius 3 is 2.71 bits per heavy atom. The van der Waals surface area contributed by atoms with Crippen molar-refractivity contribution in [3.8, 4) is 0 Å². The second-order valence-corrected chi connectivity index (χ2v) is 8.27. The molecule has 0 bridgehead atoms. The van der Waals surface area contributed by atoms with Crippen LogP contribution in [0.3, 0.4) is 0 Å². The number of rotatable bonds is 7. The number of nitrogen functional groups attached to an aromatic ring is 1. The van der Waals surface area contributed by atoms with E-state index in [1.54, 1.807) is 0 Å². The van der Waals surface area contributed by atoms with Crippen LogP contribution in [0.15, 0.2) is 21.8 Å². The summed E-state index contributed by atoms with van der Waals surface area (Å²) in [7, 11) is 2.46. The van der Waals surface area contributed by atoms with Gasteiger partial charge in [0.1, 0.15) is 36.5 Å². The lowest BCUT2D eigenvalue weighted by Crippen LogP contribution is -2.71. The predicted molar refractivity (Wildman–Crippen MR) is 111 cm³/mol. The number of nitrogens with zero attached hydrogens (tertiary/aromatic N) is 3. The number of esters is 2. The topological polar surface area (TPSA) is 163 Å². The van der Waals surface area contributed by atoms with Crippen molar-refractivity contribution in [2.24, 2.45) is 5.16 Å². The number of thiazole rings is 1. The molecule has 0 radical (unpaired) electrons. The van der Waals surface area contributed by atoms with Gasteiger partial charge in [-0.1, -0.05) is 5.16 Å². The summed E-state index contributed by atoms with van der Waals surface area (Å²) >= 11 is 2.44. The Morgan fingerprint density at radius 2 is 2.13 bits per heavy atom. The Bertz CT molecular complexity index is 989. The van der Waals surface area contributed by atoms with Crippen molar-refractivity contribution in [3.05, 3.63) is 22.3 Å². The van der Waals surface area contributed by atoms with Crippen LogP contribution in [0.25, 0.3) is 0 Å². The number of oxime groups is 1. The van der Waals surface area contributed by atoms with Crippen LogP contribution in [0.5, 0.6) is 0 Å². The third-order valence-corrected chi connectivity index (χ3v) is 6.34. The highest BCUT2D eigenvalue weighted by atomic mass is 32.2. The lowest BCUT2D eigenvalue weighted by molar-refractivity contribution is -0.151. The molecular weight excluding hydrogens is 450 g/mol. The molecule has 3 rings (SSSR count). The average molecular weight is 470 g/mol. The van der Waals surface area contributed by atoms with Gasteiger partial charge >= 0.3 is 11.9 Å². The smallest absolute Gasteiger partial charge is 0.354 e. The van der Waals surface area contributed by atoms with Gasteiger partial charge in [0.2, 0.25) is 0 Å². The fraction of sp³-hybridized carbons (Fsp3) is 0.412. The van der Waals surface area contributed by atoms with Crippen molar-refractivity contribution in [1.29, 1.82) is 0 Å². The van der Waals surface area contributed by atoms with Crippen molar-refractivity contribution in [1.82, 2.24) is 15.2 Å². The van der Waals surface area contributed by atoms with Gasteiger partial charge in [-0.25, -0.2) is 9.78 Å². The molecule has 2 atom stereocenters. The fourth-order valence-corrected chi connectivity index (χ4v) is 4.85. The van der Waals surface area contributed by atoms with E-state index in [-0.39, 0.29) is 28.8 Å². The number of aromatic nitrogens is 1. The Hall–Kier alpha value is -3.13. The molecule has 1 aromatic rings. The predicted octanol–water partition coefficient (Wildman–Crippen LogP) is -0.534. The van der Waals surface area contributed by atoms with Crippen LogP contribution < -0.4 is 11.1 Å². The summed E-state index contributed by atoms with van der Waals surface area (Å²) in [6, 6.07) is -0.912. The number of ether oxygens (including phenoxy) is 2. The number of methoxy groups -OCH3 is 1. The Labute approximate surface area is 184 Å². The van der Waals surface area contributed by atoms with Crippen molar-refractivity contribution in [2.75, 3.05) is 32.3 Å². The number of nitrogens with one attached hydrogen (secondary N) is 1. The van der Waals surface area contributed by atoms with Crippen molar-refractivity contribution in [2.45, 2.75) is 18.3 Å². The SMILES string of the molecule is CON=C(C(=O)NC1C(=O)N2C(C(=O)OC)=C(COC(C)=O)CSC12)c1csc(N)n1. The first kappa shape index (κ1) is 22.6. The maximum absolute atomic E-state index is 12.8. The normalized spacial score (nSPS) is 20.5. The number of anilines is 1. The maximum Gasteiger partial charge on any atom is 0.354 e. The third kappa shape index (κ3) is 4.49. The van der Waals surface area contributed by atoms with Gasteiger partial charge in [0.25, 0.3) is 11.8 Å². The summed E-state index contributed by atoms with van der Waals surface area (Å²) in [6.45, 7) is 1.10. The molecule has 14 heteroatoms. The molecule has 2 aliphatic heterocycles. The zero-order valence-corrected chi connectivity index (χ0v) is 18.4. The lowest BCUT2D eigenvalue weighted by atomic mass is 10.0. The van der Waals surface area contributed by atoms with Crippen LogP contribution in [0.2, 0.25) is 0 Å². The largest absolute Gasteiger partial charge is 0.464 e. The van der Waals surface area contributed by atoms with E-state index < -0.39 is 35.2 Å². The van der Waals surface area contributed by atoms with Gasteiger partial charge in [0, 0.05) is 23.6 Å². The first-order valence-electron chi connectivity index (χ1n) is 8.80. The number of hydrogen-bond donors (Lipinski definition) is 2. The summed E-state index contributed by atoms with van der Waals surface area (Å²) in [6.07, 6.45) is 0. The molecular formula is C17H19N5O7S2. The fourth-order valence-electron chi connectivity index (χ4n) is 2.97. The molecule has 3 N–H and O–H groups in total. The van der Waals surface area contributed by atoms with E-state index in [9.17, 15) is 19.2 Å². The van der Waals surface area contributed by atoms with Gasteiger partial charge in [-0.3, -0.25) is 19.3 Å². The van der Waals surface area contributed by atoms with E-state index in [0.717, 1.165) is 11.3 Å². The molecule has 2 aliphatic rings. The van der Waals surface area contributed by atoms with Gasteiger partial charge in [-0.05, 0) is 0 Å². The van der Waals surface area contributed by atoms with Gasteiger partial charge in [-0.2, -0.15) is 0 Å². The molecule has 2 amide bonds. The van der Waals surface area contributed by atoms with E-state index in [0.29, 0.717) is 11.3 Å². The second kappa shape index (κ2) is 9.34. The molecule has 0 aliphatic carbocycles. The number of fused-ring (bicyclic) bond motifs is 1. The van der Waals surface area contributed by atoms with E-state index in [2.05, 4.69) is 15.5 Å². The van der Waals surface area contributed by atoms with Crippen LogP contribution >= 0.6 is 23.1 Å². The number of β-lactam (4-membered cyclic amide) rings is 1. The third-order valence-electron chi connectivity index (χ3n) is 4.32. The van der Waals surface area contributed by atoms with Crippen molar-refractivity contribution >= 4 is 57.7 Å². The van der Waals surface area contributed by atoms with Gasteiger partial charge < -0.3 is 25.4 Å². The summed E-state index contributed by atoms with van der Waals surface area (Å²) in [5.74, 6) is -2.14. The van der Waals surface area contributed by atoms with E-state index in [4.69, 9.17) is 20.0 Å². The van der Waals surface area contributed by atoms with Gasteiger partial charge in [-0.15, -0.1) is 23.1 Å². The first-order valence-corrected chi connectivity index (χ1v) is 10.7. The highest BCUT2D eigenvalue weighted by Crippen LogP contribution is 2.40. The molecule has 0 spiro atoms. The molecule has 166 valence electrons. The summed E-state index contributed by atoms with van der Waals surface area (Å²) in [4.78, 5) is 58.9. The molecule has 2 unspecified atom stereocenters. The van der Waals surface area contributed by atoms with Crippen molar-refractivity contribution in [3.63, 3.8) is 0 Å². The van der Waals surface area contributed by atoms with Crippen LogP contribution in [0, 0.1) is 0 Å². The summed E-state index contributed by atoms with van der Waals surface area (Å²) in [5, 5.41) is 7.53. The molecule has 1 fully saturated rings. The number of amides is 2. The lowest BCUT2D eigenvalue weighted by Gasteiger charge is -2.49. The average Bonchev–Trinajstić information content (AvgIpc) is 3.18. The van der Waals surface area contributed by atoms with Gasteiger partial charge in [0.05, 0.1) is 7.11 Å². The zero-order valence-electron chi connectivity index (χ0n) is 16.7. The highest BCUT2D eigenvalue weighted by molar-refractivity contribution is 8.00. The molecule has 0 saturated carbocycles. The number of hydrogen-bond acceptors (Lipinski definition) is 12. The molecule has 3 heterocycles. The second-order valence-electron chi connectivity index (χ2n) is 6.28. The Balaban J connectivity index is 1.79. The summed E-state index contributed by atoms with van der Waals surface area (Å²) in [5.41, 5.74) is 6.14. The van der Waals surface area contributed by atoms with E-state index in [1.165, 1.54) is 43.2 Å². The molecule has 12 nitrogen and oxygen atoms in total. The summed E-state index contributed by atoms with van der Waals surface area (Å²) < 4.78 is 9.77. The minimum Gasteiger partial charge on any atom is -0.464 e. The quantitative estimate of drug-likeness (QED) is 0.230. The monoisotopic (exact) mass is 469 g/mol. The Morgan fingerprint density at radius 1 is 1.39 bits per heavy atom. The number of carbonyl (C=O) groups excluding carboxylic acids is 4. The maximum atomic E-state index is 12.8. The minimum atomic E-state index is -0.912. The Kier molecular flexibility index (Phi) is 6.80. The first-order chi connectivity index (χ1) is 14.8. The highest BCUT2D eigenvalue weighted by Gasteiger charge is 2.54. The number of carbonyl (C=O) groups is 4. The molecule has 1 aromatic heterocycles. The number of nitrogens with two attached hydrogens (primary N) is 1. The molecule has 0 aromatic carbocycles. The number of thioether (sulfide) groups is 1. The minimum absolute atomic E-state index is 0.0149. The van der Waals surface area contributed by atoms with Gasteiger partial charge in [0.15, 0.2) is 10.8 Å². The van der Waals surface area contributed by atoms with Crippen LogP contribution in [-0.4, -0.2) is 77.3 Å². The van der Waals surface area contributed by atoms with Crippen LogP contribution in [-0.2, 0) is 33.5 Å². The van der Waals surface area contributed by atoms with E-state index >= 15 is 0 Å². The zero-order chi connectivity index (χ0) is 22.7. The molecule has 1 saturated heterocycles. The van der Waals surface area contributed by atoms with Crippen molar-refractivity contribution < 1.29 is 33.5 Å². The van der Waals surface area contributed by atoms with Crippen LogP contribution in [0.4, 0.5) is 5.13 Å². The standard InChI is InChI=1S/C17H19N5O7S2/c1-7(23)29-4-8-5-30-15-11(14(25)22(15)12(8)16(26)27-2)20-13(24)10(21-28-3)9-6-31-17(18)19-9/h6,11,15H,4-5H2,1-3H3,(H2,18,19)(H,20,24). The van der Waals surface area contributed by atoms with Crippen LogP contribution in [0.1, 0.15) is 12.6 Å².